The molecular formula is C23H28F2N4O2. The van der Waals surface area contributed by atoms with Gasteiger partial charge in [-0.1, -0.05) is 0 Å². The van der Waals surface area contributed by atoms with Gasteiger partial charge >= 0.3 is 0 Å². The first-order chi connectivity index (χ1) is 14.7. The minimum absolute atomic E-state index is 0.0378. The number of carbonyl (C=O) groups excluding carboxylic acids is 1. The van der Waals surface area contributed by atoms with Crippen molar-refractivity contribution in [1.29, 1.82) is 0 Å². The molecule has 166 valence electrons. The van der Waals surface area contributed by atoms with Gasteiger partial charge in [0.1, 0.15) is 11.6 Å². The molecule has 1 aliphatic heterocycles. The topological polar surface area (TPSA) is 80.5 Å². The van der Waals surface area contributed by atoms with Crippen LogP contribution in [0.15, 0.2) is 24.4 Å². The molecule has 1 aliphatic carbocycles. The molecule has 8 heteroatoms. The number of ether oxygens (including phenoxy) is 1. The Kier molecular flexibility index (Phi) is 5.60. The predicted octanol–water partition coefficient (Wildman–Crippen LogP) is 3.49. The smallest absolute Gasteiger partial charge is 0.255 e. The van der Waals surface area contributed by atoms with Crippen LogP contribution in [0, 0.1) is 17.6 Å². The molecule has 2 fully saturated rings. The van der Waals surface area contributed by atoms with Gasteiger partial charge in [0, 0.05) is 36.9 Å². The highest BCUT2D eigenvalue weighted by molar-refractivity contribution is 6.04. The Labute approximate surface area is 180 Å². The van der Waals surface area contributed by atoms with Gasteiger partial charge in [-0.2, -0.15) is 0 Å². The molecule has 2 aliphatic rings. The van der Waals surface area contributed by atoms with E-state index in [9.17, 15) is 13.6 Å². The van der Waals surface area contributed by atoms with Gasteiger partial charge in [-0.05, 0) is 56.7 Å². The van der Waals surface area contributed by atoms with Crippen LogP contribution in [-0.4, -0.2) is 42.7 Å². The van der Waals surface area contributed by atoms with E-state index in [0.29, 0.717) is 42.2 Å². The van der Waals surface area contributed by atoms with Crippen molar-refractivity contribution < 1.29 is 18.3 Å². The quantitative estimate of drug-likeness (QED) is 0.733. The Morgan fingerprint density at radius 2 is 2.00 bits per heavy atom. The molecule has 1 saturated carbocycles. The van der Waals surface area contributed by atoms with E-state index in [2.05, 4.69) is 10.3 Å². The van der Waals surface area contributed by atoms with Gasteiger partial charge in [0.15, 0.2) is 0 Å². The lowest BCUT2D eigenvalue weighted by Crippen LogP contribution is -2.40. The molecule has 2 heterocycles. The van der Waals surface area contributed by atoms with Crippen molar-refractivity contribution in [2.75, 3.05) is 25.1 Å². The van der Waals surface area contributed by atoms with Gasteiger partial charge in [0.05, 0.1) is 23.9 Å². The summed E-state index contributed by atoms with van der Waals surface area (Å²) in [4.78, 5) is 19.5. The third-order valence-corrected chi connectivity index (χ3v) is 6.11. The number of hydrogen-bond acceptors (Lipinski definition) is 5. The van der Waals surface area contributed by atoms with E-state index in [4.69, 9.17) is 10.5 Å². The number of nitrogens with zero attached hydrogens (tertiary/aromatic N) is 2. The number of amides is 1. The van der Waals surface area contributed by atoms with Gasteiger partial charge in [-0.3, -0.25) is 4.79 Å². The van der Waals surface area contributed by atoms with Crippen molar-refractivity contribution in [1.82, 2.24) is 10.3 Å². The van der Waals surface area contributed by atoms with E-state index >= 15 is 0 Å². The van der Waals surface area contributed by atoms with Gasteiger partial charge in [0.25, 0.3) is 5.91 Å². The highest BCUT2D eigenvalue weighted by Gasteiger charge is 2.36. The molecular weight excluding hydrogens is 402 g/mol. The van der Waals surface area contributed by atoms with Crippen LogP contribution in [0.3, 0.4) is 0 Å². The number of halogens is 2. The molecule has 6 nitrogen and oxygen atoms in total. The zero-order valence-corrected chi connectivity index (χ0v) is 18.0. The molecule has 1 unspecified atom stereocenters. The van der Waals surface area contributed by atoms with E-state index in [1.165, 1.54) is 25.4 Å². The Hall–Kier alpha value is -2.74. The summed E-state index contributed by atoms with van der Waals surface area (Å²) in [6, 6.07) is 3.29. The second kappa shape index (κ2) is 8.07. The summed E-state index contributed by atoms with van der Waals surface area (Å²) in [7, 11) is 1.44. The van der Waals surface area contributed by atoms with Crippen molar-refractivity contribution >= 4 is 11.6 Å². The molecule has 2 aromatic rings. The van der Waals surface area contributed by atoms with E-state index in [1.807, 2.05) is 18.7 Å². The van der Waals surface area contributed by atoms with Crippen LogP contribution in [0.4, 0.5) is 14.5 Å². The molecule has 1 amide bonds. The molecule has 3 N–H and O–H groups in total. The highest BCUT2D eigenvalue weighted by atomic mass is 19.1. The Bertz CT molecular complexity index is 987. The predicted molar refractivity (Wildman–Crippen MR) is 115 cm³/mol. The number of methoxy groups -OCH3 is 1. The number of pyridine rings is 1. The van der Waals surface area contributed by atoms with E-state index in [-0.39, 0.29) is 23.4 Å². The van der Waals surface area contributed by atoms with Crippen molar-refractivity contribution in [3.63, 3.8) is 0 Å². The number of rotatable bonds is 6. The Balaban J connectivity index is 1.87. The molecule has 4 rings (SSSR count). The standard InChI is InChI=1S/C23H28F2N4O2/c1-13(14-4-5-14)28-21(30)18-11-27-22(31-3)19(15-8-16(24)10-17(25)9-15)20(18)29-7-6-23(2,26)12-29/h8-11,13-14H,4-7,12,26H2,1-3H3,(H,28,30)/t13?,23-/m0/s1. The summed E-state index contributed by atoms with van der Waals surface area (Å²) in [6.45, 7) is 5.02. The monoisotopic (exact) mass is 430 g/mol. The van der Waals surface area contributed by atoms with E-state index < -0.39 is 17.2 Å². The van der Waals surface area contributed by atoms with Gasteiger partial charge in [-0.25, -0.2) is 13.8 Å². The SMILES string of the molecule is COc1ncc(C(=O)NC(C)C2CC2)c(N2CC[C@](C)(N)C2)c1-c1cc(F)cc(F)c1. The van der Waals surface area contributed by atoms with Crippen LogP contribution >= 0.6 is 0 Å². The summed E-state index contributed by atoms with van der Waals surface area (Å²) in [5.41, 5.74) is 7.42. The number of aromatic nitrogens is 1. The minimum atomic E-state index is -0.717. The maximum atomic E-state index is 14.1. The Morgan fingerprint density at radius 1 is 1.32 bits per heavy atom. The van der Waals surface area contributed by atoms with Crippen molar-refractivity contribution in [2.45, 2.75) is 44.7 Å². The molecule has 0 spiro atoms. The summed E-state index contributed by atoms with van der Waals surface area (Å²) >= 11 is 0. The van der Waals surface area contributed by atoms with Gasteiger partial charge in [0.2, 0.25) is 5.88 Å². The lowest BCUT2D eigenvalue weighted by atomic mass is 9.99. The molecule has 0 radical (unpaired) electrons. The number of anilines is 1. The molecule has 1 saturated heterocycles. The molecule has 1 aromatic heterocycles. The third-order valence-electron chi connectivity index (χ3n) is 6.11. The van der Waals surface area contributed by atoms with Crippen LogP contribution < -0.4 is 20.7 Å². The summed E-state index contributed by atoms with van der Waals surface area (Å²) in [5, 5.41) is 3.06. The molecule has 2 atom stereocenters. The van der Waals surface area contributed by atoms with Crippen LogP contribution in [0.2, 0.25) is 0 Å². The minimum Gasteiger partial charge on any atom is -0.480 e. The molecule has 1 aromatic carbocycles. The van der Waals surface area contributed by atoms with E-state index in [1.54, 1.807) is 0 Å². The number of hydrogen-bond donors (Lipinski definition) is 2. The number of nitrogens with one attached hydrogen (secondary N) is 1. The zero-order valence-electron chi connectivity index (χ0n) is 18.0. The van der Waals surface area contributed by atoms with Crippen molar-refractivity contribution in [3.8, 4) is 17.0 Å². The summed E-state index contributed by atoms with van der Waals surface area (Å²) in [6.07, 6.45) is 4.38. The number of nitrogens with two attached hydrogens (primary N) is 1. The first-order valence-corrected chi connectivity index (χ1v) is 10.6. The van der Waals surface area contributed by atoms with Crippen LogP contribution in [0.5, 0.6) is 5.88 Å². The number of carbonyl (C=O) groups is 1. The molecule has 31 heavy (non-hydrogen) atoms. The zero-order chi connectivity index (χ0) is 22.3. The molecule has 0 bridgehead atoms. The highest BCUT2D eigenvalue weighted by Crippen LogP contribution is 2.42. The lowest BCUT2D eigenvalue weighted by molar-refractivity contribution is 0.0936. The van der Waals surface area contributed by atoms with Crippen molar-refractivity contribution in [3.05, 3.63) is 41.6 Å². The van der Waals surface area contributed by atoms with Gasteiger partial charge < -0.3 is 20.7 Å². The maximum Gasteiger partial charge on any atom is 0.255 e. The normalized spacial score (nSPS) is 21.8. The van der Waals surface area contributed by atoms with Crippen LogP contribution in [0.25, 0.3) is 11.1 Å². The lowest BCUT2D eigenvalue weighted by Gasteiger charge is -2.27. The first kappa shape index (κ1) is 21.5. The van der Waals surface area contributed by atoms with E-state index in [0.717, 1.165) is 18.9 Å². The van der Waals surface area contributed by atoms with Gasteiger partial charge in [-0.15, -0.1) is 0 Å². The fourth-order valence-corrected chi connectivity index (χ4v) is 4.27. The number of benzene rings is 1. The average molecular weight is 430 g/mol. The van der Waals surface area contributed by atoms with Crippen LogP contribution in [-0.2, 0) is 0 Å². The largest absolute Gasteiger partial charge is 0.480 e. The summed E-state index contributed by atoms with van der Waals surface area (Å²) in [5.74, 6) is -1.03. The second-order valence-electron chi connectivity index (χ2n) is 8.99. The fourth-order valence-electron chi connectivity index (χ4n) is 4.27. The first-order valence-electron chi connectivity index (χ1n) is 10.6. The Morgan fingerprint density at radius 3 is 2.55 bits per heavy atom. The summed E-state index contributed by atoms with van der Waals surface area (Å²) < 4.78 is 33.6. The second-order valence-corrected chi connectivity index (χ2v) is 8.99. The van der Waals surface area contributed by atoms with Crippen LogP contribution in [0.1, 0.15) is 43.5 Å². The average Bonchev–Trinajstić information content (AvgIpc) is 3.49. The fraction of sp³-hybridized carbons (Fsp3) is 0.478. The van der Waals surface area contributed by atoms with Crippen molar-refractivity contribution in [2.24, 2.45) is 11.7 Å². The third kappa shape index (κ3) is 4.49. The maximum absolute atomic E-state index is 14.1.